The number of benzene rings is 2. The van der Waals surface area contributed by atoms with Crippen LogP contribution in [0.15, 0.2) is 59.4 Å². The first-order valence-electron chi connectivity index (χ1n) is 7.80. The van der Waals surface area contributed by atoms with Gasteiger partial charge in [-0.2, -0.15) is 5.10 Å². The molecule has 3 rings (SSSR count). The summed E-state index contributed by atoms with van der Waals surface area (Å²) in [5.74, 6) is 1.38. The second-order valence-corrected chi connectivity index (χ2v) is 5.98. The highest BCUT2D eigenvalue weighted by Gasteiger charge is 2.07. The quantitative estimate of drug-likeness (QED) is 0.757. The Labute approximate surface area is 150 Å². The maximum absolute atomic E-state index is 12.0. The van der Waals surface area contributed by atoms with E-state index in [1.54, 1.807) is 37.3 Å². The van der Waals surface area contributed by atoms with Gasteiger partial charge in [0.25, 0.3) is 5.56 Å². The van der Waals surface area contributed by atoms with Crippen LogP contribution in [0.25, 0.3) is 11.3 Å². The summed E-state index contributed by atoms with van der Waals surface area (Å²) in [6.07, 6.45) is 0. The molecule has 1 aromatic heterocycles. The predicted molar refractivity (Wildman–Crippen MR) is 97.3 cm³/mol. The van der Waals surface area contributed by atoms with Crippen molar-refractivity contribution < 1.29 is 9.84 Å². The van der Waals surface area contributed by atoms with Crippen LogP contribution in [0, 0.1) is 6.92 Å². The predicted octanol–water partition coefficient (Wildman–Crippen LogP) is 3.66. The molecule has 0 atom stereocenters. The smallest absolute Gasteiger partial charge is 0.269 e. The van der Waals surface area contributed by atoms with Crippen molar-refractivity contribution in [1.29, 1.82) is 0 Å². The summed E-state index contributed by atoms with van der Waals surface area (Å²) < 4.78 is 7.04. The van der Waals surface area contributed by atoms with Crippen LogP contribution in [0.5, 0.6) is 11.5 Å². The van der Waals surface area contributed by atoms with Gasteiger partial charge in [0.05, 0.1) is 18.8 Å². The van der Waals surface area contributed by atoms with Crippen molar-refractivity contribution in [2.45, 2.75) is 13.5 Å². The summed E-state index contributed by atoms with van der Waals surface area (Å²) in [5.41, 5.74) is 1.92. The molecule has 0 saturated carbocycles. The first kappa shape index (κ1) is 17.2. The molecule has 1 N–H and O–H groups in total. The van der Waals surface area contributed by atoms with E-state index in [9.17, 15) is 4.79 Å². The van der Waals surface area contributed by atoms with E-state index in [0.29, 0.717) is 27.8 Å². The van der Waals surface area contributed by atoms with Crippen molar-refractivity contribution in [2.75, 3.05) is 6.61 Å². The Hall–Kier alpha value is -2.63. The molecule has 5 nitrogen and oxygen atoms in total. The normalized spacial score (nSPS) is 10.7. The molecule has 0 saturated heterocycles. The van der Waals surface area contributed by atoms with Gasteiger partial charge < -0.3 is 9.84 Å². The second kappa shape index (κ2) is 7.51. The van der Waals surface area contributed by atoms with Gasteiger partial charge in [-0.1, -0.05) is 11.6 Å². The molecule has 6 heteroatoms. The van der Waals surface area contributed by atoms with E-state index in [4.69, 9.17) is 21.4 Å². The molecule has 2 aromatic carbocycles. The zero-order valence-electron chi connectivity index (χ0n) is 13.6. The average molecular weight is 357 g/mol. The number of aliphatic hydroxyl groups excluding tert-OH is 1. The Morgan fingerprint density at radius 2 is 1.68 bits per heavy atom. The van der Waals surface area contributed by atoms with Gasteiger partial charge in [-0.25, -0.2) is 4.68 Å². The van der Waals surface area contributed by atoms with Gasteiger partial charge >= 0.3 is 0 Å². The number of hydrogen-bond acceptors (Lipinski definition) is 4. The third kappa shape index (κ3) is 4.07. The summed E-state index contributed by atoms with van der Waals surface area (Å²) in [5, 5.41) is 14.0. The Bertz CT molecular complexity index is 919. The fraction of sp³-hybridized carbons (Fsp3) is 0.158. The molecule has 3 aromatic rings. The van der Waals surface area contributed by atoms with Crippen molar-refractivity contribution in [3.05, 3.63) is 75.5 Å². The second-order valence-electron chi connectivity index (χ2n) is 5.54. The van der Waals surface area contributed by atoms with Gasteiger partial charge in [0, 0.05) is 16.1 Å². The Balaban J connectivity index is 1.85. The van der Waals surface area contributed by atoms with Crippen molar-refractivity contribution in [2.24, 2.45) is 0 Å². The standard InChI is InChI=1S/C19H17ClN2O3/c1-13-12-18(21-22(10-11-23)19(13)24)14-2-6-16(7-3-14)25-17-8-4-15(20)5-9-17/h2-9,12,23H,10-11H2,1H3. The lowest BCUT2D eigenvalue weighted by Crippen LogP contribution is -2.26. The summed E-state index contributed by atoms with van der Waals surface area (Å²) >= 11 is 5.86. The maximum Gasteiger partial charge on any atom is 0.269 e. The average Bonchev–Trinajstić information content (AvgIpc) is 2.61. The van der Waals surface area contributed by atoms with Gasteiger partial charge in [0.2, 0.25) is 0 Å². The number of aliphatic hydroxyl groups is 1. The lowest BCUT2D eigenvalue weighted by Gasteiger charge is -2.09. The molecule has 0 aliphatic heterocycles. The fourth-order valence-electron chi connectivity index (χ4n) is 2.39. The highest BCUT2D eigenvalue weighted by molar-refractivity contribution is 6.30. The number of halogens is 1. The van der Waals surface area contributed by atoms with E-state index < -0.39 is 0 Å². The van der Waals surface area contributed by atoms with Crippen LogP contribution in [-0.2, 0) is 6.54 Å². The minimum atomic E-state index is -0.194. The van der Waals surface area contributed by atoms with Gasteiger partial charge in [-0.15, -0.1) is 0 Å². The molecule has 0 spiro atoms. The van der Waals surface area contributed by atoms with Gasteiger partial charge in [-0.05, 0) is 61.5 Å². The summed E-state index contributed by atoms with van der Waals surface area (Å²) in [7, 11) is 0. The lowest BCUT2D eigenvalue weighted by atomic mass is 10.1. The molecule has 0 amide bonds. The molecule has 0 radical (unpaired) electrons. The lowest BCUT2D eigenvalue weighted by molar-refractivity contribution is 0.266. The van der Waals surface area contributed by atoms with Gasteiger partial charge in [0.1, 0.15) is 11.5 Å². The monoisotopic (exact) mass is 356 g/mol. The Kier molecular flexibility index (Phi) is 5.16. The zero-order chi connectivity index (χ0) is 17.8. The van der Waals surface area contributed by atoms with E-state index >= 15 is 0 Å². The third-order valence-electron chi connectivity index (χ3n) is 3.66. The van der Waals surface area contributed by atoms with Crippen molar-refractivity contribution in [1.82, 2.24) is 9.78 Å². The Morgan fingerprint density at radius 1 is 1.08 bits per heavy atom. The number of nitrogens with zero attached hydrogens (tertiary/aromatic N) is 2. The van der Waals surface area contributed by atoms with Crippen LogP contribution < -0.4 is 10.3 Å². The van der Waals surface area contributed by atoms with E-state index in [0.717, 1.165) is 5.56 Å². The third-order valence-corrected chi connectivity index (χ3v) is 3.92. The summed E-state index contributed by atoms with van der Waals surface area (Å²) in [4.78, 5) is 12.0. The van der Waals surface area contributed by atoms with Crippen LogP contribution in [0.3, 0.4) is 0 Å². The molecule has 0 bridgehead atoms. The minimum Gasteiger partial charge on any atom is -0.457 e. The van der Waals surface area contributed by atoms with E-state index in [1.165, 1.54) is 4.68 Å². The first-order valence-corrected chi connectivity index (χ1v) is 8.18. The topological polar surface area (TPSA) is 64.3 Å². The fourth-order valence-corrected chi connectivity index (χ4v) is 2.52. The molecule has 25 heavy (non-hydrogen) atoms. The molecule has 1 heterocycles. The highest BCUT2D eigenvalue weighted by Crippen LogP contribution is 2.25. The number of hydrogen-bond donors (Lipinski definition) is 1. The van der Waals surface area contributed by atoms with Crippen molar-refractivity contribution >= 4 is 11.6 Å². The molecular weight excluding hydrogens is 340 g/mol. The Morgan fingerprint density at radius 3 is 2.28 bits per heavy atom. The molecule has 0 aliphatic carbocycles. The number of aromatic nitrogens is 2. The molecule has 0 aliphatic rings. The SMILES string of the molecule is Cc1cc(-c2ccc(Oc3ccc(Cl)cc3)cc2)nn(CCO)c1=O. The van der Waals surface area contributed by atoms with Crippen molar-refractivity contribution in [3.8, 4) is 22.8 Å². The molecular formula is C19H17ClN2O3. The van der Waals surface area contributed by atoms with Crippen LogP contribution in [0.4, 0.5) is 0 Å². The maximum atomic E-state index is 12.0. The zero-order valence-corrected chi connectivity index (χ0v) is 14.4. The number of rotatable bonds is 5. The van der Waals surface area contributed by atoms with Gasteiger partial charge in [0.15, 0.2) is 0 Å². The minimum absolute atomic E-state index is 0.135. The number of aryl methyl sites for hydroxylation is 1. The number of ether oxygens (including phenoxy) is 1. The molecule has 0 fully saturated rings. The first-order chi connectivity index (χ1) is 12.1. The van der Waals surface area contributed by atoms with Crippen LogP contribution in [-0.4, -0.2) is 21.5 Å². The molecule has 0 unspecified atom stereocenters. The van der Waals surface area contributed by atoms with Crippen LogP contribution in [0.2, 0.25) is 5.02 Å². The largest absolute Gasteiger partial charge is 0.457 e. The van der Waals surface area contributed by atoms with E-state index in [-0.39, 0.29) is 18.7 Å². The molecule has 128 valence electrons. The van der Waals surface area contributed by atoms with Crippen LogP contribution >= 0.6 is 11.6 Å². The summed E-state index contributed by atoms with van der Waals surface area (Å²) in [6.45, 7) is 1.77. The van der Waals surface area contributed by atoms with Crippen molar-refractivity contribution in [3.63, 3.8) is 0 Å². The summed E-state index contributed by atoms with van der Waals surface area (Å²) in [6, 6.07) is 16.3. The van der Waals surface area contributed by atoms with Crippen LogP contribution in [0.1, 0.15) is 5.56 Å². The van der Waals surface area contributed by atoms with E-state index in [1.807, 2.05) is 24.3 Å². The van der Waals surface area contributed by atoms with E-state index in [2.05, 4.69) is 5.10 Å². The highest BCUT2D eigenvalue weighted by atomic mass is 35.5. The van der Waals surface area contributed by atoms with Gasteiger partial charge in [-0.3, -0.25) is 4.79 Å².